The molecule has 46 heavy (non-hydrogen) atoms. The van der Waals surface area contributed by atoms with Crippen LogP contribution in [0.1, 0.15) is 89.2 Å². The summed E-state index contributed by atoms with van der Waals surface area (Å²) in [6.45, 7) is 5.84. The molecule has 4 fully saturated rings. The van der Waals surface area contributed by atoms with Gasteiger partial charge in [-0.1, -0.05) is 31.9 Å². The molecular weight excluding hydrogens is 572 g/mol. The lowest BCUT2D eigenvalue weighted by molar-refractivity contribution is -0.125. The van der Waals surface area contributed by atoms with Crippen molar-refractivity contribution >= 4 is 28.4 Å². The summed E-state index contributed by atoms with van der Waals surface area (Å²) in [5.74, 6) is 3.98. The zero-order chi connectivity index (χ0) is 31.4. The number of carbonyl (C=O) groups is 1. The van der Waals surface area contributed by atoms with Crippen molar-refractivity contribution in [3.05, 3.63) is 53.7 Å². The third kappa shape index (κ3) is 5.47. The highest BCUT2D eigenvalue weighted by molar-refractivity contribution is 6.18. The average molecular weight is 617 g/mol. The maximum atomic E-state index is 13.3. The first-order valence-corrected chi connectivity index (χ1v) is 17.4. The van der Waals surface area contributed by atoms with Crippen LogP contribution in [-0.4, -0.2) is 45.6 Å². The Labute approximate surface area is 271 Å². The fourth-order valence-corrected chi connectivity index (χ4v) is 9.13. The number of aromatic nitrogens is 2. The van der Waals surface area contributed by atoms with Crippen LogP contribution >= 0.6 is 0 Å². The molecule has 4 atom stereocenters. The number of nitrogens with zero attached hydrogens (tertiary/aromatic N) is 5. The zero-order valence-corrected chi connectivity index (χ0v) is 27.0. The molecule has 2 bridgehead atoms. The number of Topliss-reactive ketones (excluding diaryl/α,β-unsaturated/α-hetero) is 1. The number of hydrogen-bond donors (Lipinski definition) is 1. The van der Waals surface area contributed by atoms with Crippen molar-refractivity contribution in [2.45, 2.75) is 83.6 Å². The van der Waals surface area contributed by atoms with E-state index in [-0.39, 0.29) is 5.54 Å². The average Bonchev–Trinajstić information content (AvgIpc) is 3.76. The van der Waals surface area contributed by atoms with Crippen molar-refractivity contribution in [3.63, 3.8) is 0 Å². The van der Waals surface area contributed by atoms with E-state index >= 15 is 0 Å². The number of nitriles is 1. The molecule has 0 spiro atoms. The van der Waals surface area contributed by atoms with Crippen LogP contribution in [0.15, 0.2) is 52.8 Å². The van der Waals surface area contributed by atoms with E-state index in [9.17, 15) is 10.1 Å². The maximum Gasteiger partial charge on any atom is 0.136 e. The van der Waals surface area contributed by atoms with Gasteiger partial charge in [0.15, 0.2) is 0 Å². The largest absolute Gasteiger partial charge is 0.376 e. The first kappa shape index (κ1) is 29.6. The second-order valence-electron chi connectivity index (χ2n) is 15.2. The van der Waals surface area contributed by atoms with Crippen LogP contribution in [0.2, 0.25) is 0 Å². The number of hydrogen-bond acceptors (Lipinski definition) is 7. The fourth-order valence-electron chi connectivity index (χ4n) is 9.13. The summed E-state index contributed by atoms with van der Waals surface area (Å²) in [6.07, 6.45) is 12.7. The van der Waals surface area contributed by atoms with Gasteiger partial charge in [0.25, 0.3) is 0 Å². The molecule has 0 radical (unpaired) electrons. The Morgan fingerprint density at radius 1 is 1.04 bits per heavy atom. The third-order valence-electron chi connectivity index (χ3n) is 11.9. The molecule has 2 aliphatic heterocycles. The number of anilines is 1. The minimum atomic E-state index is -0.137. The third-order valence-corrected chi connectivity index (χ3v) is 11.9. The molecule has 1 saturated heterocycles. The van der Waals surface area contributed by atoms with Crippen LogP contribution in [0.25, 0.3) is 16.8 Å². The van der Waals surface area contributed by atoms with E-state index < -0.39 is 0 Å². The molecule has 3 aliphatic carbocycles. The summed E-state index contributed by atoms with van der Waals surface area (Å²) >= 11 is 0. The second-order valence-corrected chi connectivity index (χ2v) is 15.2. The topological polar surface area (TPSA) is 104 Å². The Bertz CT molecular complexity index is 1750. The van der Waals surface area contributed by atoms with Gasteiger partial charge in [-0.05, 0) is 93.4 Å². The molecule has 0 amide bonds. The lowest BCUT2D eigenvalue weighted by atomic mass is 9.68. The van der Waals surface area contributed by atoms with E-state index in [0.717, 1.165) is 78.2 Å². The van der Waals surface area contributed by atoms with Gasteiger partial charge in [-0.3, -0.25) is 4.79 Å². The summed E-state index contributed by atoms with van der Waals surface area (Å²) in [6, 6.07) is 14.6. The van der Waals surface area contributed by atoms with E-state index in [1.165, 1.54) is 31.4 Å². The lowest BCUT2D eigenvalue weighted by Crippen LogP contribution is -2.53. The van der Waals surface area contributed by atoms with Gasteiger partial charge in [-0.25, -0.2) is 4.52 Å². The number of rotatable bonds is 8. The Kier molecular flexibility index (Phi) is 7.56. The molecule has 8 rings (SSSR count). The van der Waals surface area contributed by atoms with Gasteiger partial charge in [0.2, 0.25) is 0 Å². The van der Waals surface area contributed by atoms with Crippen molar-refractivity contribution < 1.29 is 9.53 Å². The highest BCUT2D eigenvalue weighted by Crippen LogP contribution is 2.52. The van der Waals surface area contributed by atoms with Gasteiger partial charge >= 0.3 is 0 Å². The lowest BCUT2D eigenvalue weighted by Gasteiger charge is -2.40. The Hall–Kier alpha value is -3.83. The normalized spacial score (nSPS) is 29.9. The summed E-state index contributed by atoms with van der Waals surface area (Å²) in [4.78, 5) is 13.3. The Morgan fingerprint density at radius 2 is 1.83 bits per heavy atom. The first-order valence-electron chi connectivity index (χ1n) is 17.4. The summed E-state index contributed by atoms with van der Waals surface area (Å²) in [5.41, 5.74) is 7.66. The molecule has 8 nitrogen and oxygen atoms in total. The molecule has 1 aromatic carbocycles. The predicted molar refractivity (Wildman–Crippen MR) is 180 cm³/mol. The number of ketones is 1. The van der Waals surface area contributed by atoms with Crippen molar-refractivity contribution in [1.82, 2.24) is 9.61 Å². The van der Waals surface area contributed by atoms with Crippen molar-refractivity contribution in [3.8, 4) is 17.3 Å². The van der Waals surface area contributed by atoms with Crippen LogP contribution in [0.4, 0.5) is 5.69 Å². The van der Waals surface area contributed by atoms with Crippen LogP contribution in [0, 0.1) is 46.8 Å². The molecule has 4 heterocycles. The molecule has 5 aliphatic rings. The van der Waals surface area contributed by atoms with Gasteiger partial charge in [0, 0.05) is 47.2 Å². The Morgan fingerprint density at radius 3 is 2.54 bits per heavy atom. The van der Waals surface area contributed by atoms with E-state index in [1.54, 1.807) is 6.20 Å². The number of ether oxygens (including phenoxy) is 1. The monoisotopic (exact) mass is 616 g/mol. The van der Waals surface area contributed by atoms with Crippen LogP contribution in [-0.2, 0) is 9.53 Å². The summed E-state index contributed by atoms with van der Waals surface area (Å²) in [5, 5.41) is 27.2. The van der Waals surface area contributed by atoms with Gasteiger partial charge in [0.05, 0.1) is 47.4 Å². The molecule has 2 unspecified atom stereocenters. The van der Waals surface area contributed by atoms with Gasteiger partial charge < -0.3 is 10.1 Å². The van der Waals surface area contributed by atoms with Crippen molar-refractivity contribution in [2.75, 3.05) is 18.5 Å². The first-order chi connectivity index (χ1) is 22.4. The van der Waals surface area contributed by atoms with Crippen LogP contribution in [0.3, 0.4) is 0 Å². The van der Waals surface area contributed by atoms with Gasteiger partial charge in [-0.15, -0.1) is 0 Å². The minimum absolute atomic E-state index is 0.137. The van der Waals surface area contributed by atoms with Crippen molar-refractivity contribution in [1.29, 1.82) is 5.26 Å². The molecule has 238 valence electrons. The molecule has 1 N–H and O–H groups in total. The molecule has 2 aromatic heterocycles. The quantitative estimate of drug-likeness (QED) is 0.283. The number of fused-ring (bicyclic) bond motifs is 3. The maximum absolute atomic E-state index is 13.3. The smallest absolute Gasteiger partial charge is 0.136 e. The van der Waals surface area contributed by atoms with Crippen LogP contribution < -0.4 is 5.32 Å². The molecule has 3 saturated carbocycles. The minimum Gasteiger partial charge on any atom is -0.376 e. The zero-order valence-electron chi connectivity index (χ0n) is 27.0. The summed E-state index contributed by atoms with van der Waals surface area (Å²) < 4.78 is 7.46. The van der Waals surface area contributed by atoms with E-state index in [0.29, 0.717) is 54.1 Å². The second kappa shape index (κ2) is 11.8. The highest BCUT2D eigenvalue weighted by Gasteiger charge is 2.45. The fraction of sp³-hybridized carbons (Fsp3) is 0.553. The molecule has 3 aromatic rings. The van der Waals surface area contributed by atoms with E-state index in [4.69, 9.17) is 14.9 Å². The van der Waals surface area contributed by atoms with Crippen molar-refractivity contribution in [2.24, 2.45) is 45.7 Å². The van der Waals surface area contributed by atoms with E-state index in [2.05, 4.69) is 54.6 Å². The SMILES string of the molecule is CC1CCC(C(=O)CC2[C@@H]3CC[C@H]2CC(C2=NN=C(c4ccc(-c5ccc6cc(C#N)cnn56)cc4NC4(C)COC4)C2)C3)CC1. The Balaban J connectivity index is 0.978. The number of carbonyl (C=O) groups excluding carboxylic acids is 1. The number of nitrogens with one attached hydrogen (secondary N) is 1. The van der Waals surface area contributed by atoms with Gasteiger partial charge in [-0.2, -0.15) is 20.6 Å². The van der Waals surface area contributed by atoms with E-state index in [1.807, 2.05) is 16.6 Å². The van der Waals surface area contributed by atoms with Crippen LogP contribution in [0.5, 0.6) is 0 Å². The summed E-state index contributed by atoms with van der Waals surface area (Å²) in [7, 11) is 0. The molecular formula is C38H44N6O2. The number of benzene rings is 1. The standard InChI is InChI=1S/C38H44N6O2/c1-23-3-5-25(6-4-23)37(45)17-32-26-7-8-27(32)15-29(14-26)33-18-35(43-42-33)31-11-9-28(16-34(31)41-38(2)21-46-22-38)36-12-10-30-13-24(19-39)20-40-44(30)36/h9-13,16,20,23,25-27,29,32,41H,3-8,14-15,17-18,21-22H2,1-2H3/t23?,25?,26-,27+,29?,32?. The van der Waals surface area contributed by atoms with Gasteiger partial charge in [0.1, 0.15) is 11.9 Å². The molecule has 8 heteroatoms. The highest BCUT2D eigenvalue weighted by atomic mass is 16.5. The predicted octanol–water partition coefficient (Wildman–Crippen LogP) is 7.46.